The van der Waals surface area contributed by atoms with E-state index in [-0.39, 0.29) is 5.82 Å². The van der Waals surface area contributed by atoms with E-state index in [1.165, 1.54) is 16.8 Å². The minimum absolute atomic E-state index is 0.0909. The van der Waals surface area contributed by atoms with Crippen LogP contribution in [0.1, 0.15) is 11.7 Å². The highest BCUT2D eigenvalue weighted by molar-refractivity contribution is 7.66. The minimum Gasteiger partial charge on any atom is -0.387 e. The van der Waals surface area contributed by atoms with Crippen molar-refractivity contribution in [1.82, 2.24) is 10.1 Å². The van der Waals surface area contributed by atoms with Gasteiger partial charge in [-0.15, -0.1) is 6.42 Å². The van der Waals surface area contributed by atoms with E-state index < -0.39 is 60.0 Å². The van der Waals surface area contributed by atoms with Crippen molar-refractivity contribution in [3.05, 3.63) is 18.1 Å². The van der Waals surface area contributed by atoms with Gasteiger partial charge in [-0.3, -0.25) is 4.52 Å². The van der Waals surface area contributed by atoms with E-state index in [1.807, 2.05) is 0 Å². The van der Waals surface area contributed by atoms with Crippen LogP contribution in [0.3, 0.4) is 0 Å². The predicted octanol–water partition coefficient (Wildman–Crippen LogP) is -2.25. The molecule has 3 unspecified atom stereocenters. The molecule has 3 heterocycles. The first-order chi connectivity index (χ1) is 15.1. The molecule has 0 saturated carbocycles. The van der Waals surface area contributed by atoms with Crippen LogP contribution in [-0.4, -0.2) is 70.4 Å². The molecule has 0 amide bonds. The molecule has 1 saturated heterocycles. The Balaban J connectivity index is 1.76. The fourth-order valence-electron chi connectivity index (χ4n) is 3.26. The third kappa shape index (κ3) is 5.40. The van der Waals surface area contributed by atoms with E-state index in [0.29, 0.717) is 5.69 Å². The number of terminal acetylenes is 1. The Morgan fingerprint density at radius 2 is 1.88 bits per heavy atom. The number of phosphoric acid groups is 3. The lowest BCUT2D eigenvalue weighted by Gasteiger charge is -2.27. The molecule has 0 aromatic carbocycles. The summed E-state index contributed by atoms with van der Waals surface area (Å²) in [5.41, 5.74) is 4.14. The number of aliphatic hydroxyl groups excluding tert-OH is 2. The molecule has 182 valence electrons. The van der Waals surface area contributed by atoms with Gasteiger partial charge in [-0.25, -0.2) is 18.7 Å². The van der Waals surface area contributed by atoms with Gasteiger partial charge >= 0.3 is 23.5 Å². The number of nitrogens with two attached hydrogens (primary N) is 1. The Morgan fingerprint density at radius 3 is 2.48 bits per heavy atom. The summed E-state index contributed by atoms with van der Waals surface area (Å²) in [4.78, 5) is 39.6. The fourth-order valence-corrected chi connectivity index (χ4v) is 6.29. The second-order valence-corrected chi connectivity index (χ2v) is 11.1. The zero-order valence-electron chi connectivity index (χ0n) is 16.1. The number of hydrogen-bond donors (Lipinski definition) is 7. The molecule has 1 fully saturated rings. The van der Waals surface area contributed by atoms with Crippen molar-refractivity contribution in [2.24, 2.45) is 0 Å². The molecule has 20 heteroatoms. The third-order valence-corrected chi connectivity index (χ3v) is 8.36. The zero-order valence-corrected chi connectivity index (χ0v) is 18.8. The summed E-state index contributed by atoms with van der Waals surface area (Å²) in [5.74, 6) is 2.33. The van der Waals surface area contributed by atoms with E-state index in [4.69, 9.17) is 26.7 Å². The highest BCUT2D eigenvalue weighted by Gasteiger charge is 2.63. The Morgan fingerprint density at radius 1 is 1.21 bits per heavy atom. The number of fused-ring (bicyclic) bond motifs is 1. The minimum atomic E-state index is -5.74. The monoisotopic (exact) mass is 531 g/mol. The summed E-state index contributed by atoms with van der Waals surface area (Å²) in [6.45, 7) is -1.02. The van der Waals surface area contributed by atoms with Gasteiger partial charge in [0.15, 0.2) is 6.33 Å². The standard InChI is InChI=1S/C13H17N4O13P3/c1-2-13(9-4-3-7-12(14)15-6-16-17(7)9)11(19)10(18)8(28-13)5-27-32(23,24)30-33(25,26)29-31(20,21)22/h1,3-4,6,8-11,18-19H,5H2,(H5-,14,15,16,20,21,22,23,24,25,26)/p+1/t8-,9?,10-,11-,13+/m1/s1. The van der Waals surface area contributed by atoms with Gasteiger partial charge in [0.05, 0.1) is 6.61 Å². The largest absolute Gasteiger partial charge is 0.490 e. The van der Waals surface area contributed by atoms with Crippen molar-refractivity contribution in [2.45, 2.75) is 30.0 Å². The summed E-state index contributed by atoms with van der Waals surface area (Å²) in [5, 5.41) is 25.0. The van der Waals surface area contributed by atoms with Gasteiger partial charge < -0.3 is 40.3 Å². The van der Waals surface area contributed by atoms with Gasteiger partial charge in [0.1, 0.15) is 18.3 Å². The third-order valence-electron chi connectivity index (χ3n) is 4.56. The lowest BCUT2D eigenvalue weighted by Crippen LogP contribution is -2.58. The molecule has 0 bridgehead atoms. The summed E-state index contributed by atoms with van der Waals surface area (Å²) < 4.78 is 52.5. The van der Waals surface area contributed by atoms with E-state index in [2.05, 4.69) is 29.1 Å². The lowest BCUT2D eigenvalue weighted by molar-refractivity contribution is -0.775. The number of ether oxygens (including phenoxy) is 1. The number of hydrogen-bond acceptors (Lipinski definition) is 12. The van der Waals surface area contributed by atoms with Crippen molar-refractivity contribution in [1.29, 1.82) is 0 Å². The molecule has 33 heavy (non-hydrogen) atoms. The summed E-state index contributed by atoms with van der Waals surface area (Å²) in [7, 11) is -16.8. The van der Waals surface area contributed by atoms with Gasteiger partial charge in [0.25, 0.3) is 5.69 Å². The summed E-state index contributed by atoms with van der Waals surface area (Å²) in [6.07, 6.45) is 4.54. The average Bonchev–Trinajstić information content (AvgIpc) is 3.20. The molecule has 0 radical (unpaired) electrons. The molecule has 0 spiro atoms. The van der Waals surface area contributed by atoms with Crippen LogP contribution in [-0.2, 0) is 31.6 Å². The quantitative estimate of drug-likeness (QED) is 0.106. The first-order valence-corrected chi connectivity index (χ1v) is 13.1. The molecule has 2 aliphatic rings. The molecular weight excluding hydrogens is 513 g/mol. The Kier molecular flexibility index (Phi) is 7.00. The van der Waals surface area contributed by atoms with Crippen molar-refractivity contribution >= 4 is 35.4 Å². The van der Waals surface area contributed by atoms with Gasteiger partial charge in [-0.05, 0) is 6.08 Å². The number of aliphatic hydroxyl groups is 2. The summed E-state index contributed by atoms with van der Waals surface area (Å²) >= 11 is 0. The number of phosphoric ester groups is 1. The van der Waals surface area contributed by atoms with E-state index in [1.54, 1.807) is 0 Å². The maximum atomic E-state index is 11.9. The number of aromatic nitrogens is 3. The van der Waals surface area contributed by atoms with Crippen LogP contribution in [0.5, 0.6) is 0 Å². The molecular formula is C13H18N4O13P3+. The van der Waals surface area contributed by atoms with Gasteiger partial charge in [-0.2, -0.15) is 8.62 Å². The second-order valence-electron chi connectivity index (χ2n) is 6.69. The Labute approximate surface area is 184 Å². The topological polar surface area (TPSA) is 265 Å². The maximum absolute atomic E-state index is 11.9. The van der Waals surface area contributed by atoms with Crippen LogP contribution in [0.4, 0.5) is 5.82 Å². The lowest BCUT2D eigenvalue weighted by atomic mass is 9.88. The number of anilines is 1. The molecule has 3 rings (SSSR count). The van der Waals surface area contributed by atoms with Crippen LogP contribution >= 0.6 is 23.5 Å². The number of nitrogens with zero attached hydrogens (tertiary/aromatic N) is 3. The predicted molar refractivity (Wildman–Crippen MR) is 103 cm³/mol. The van der Waals surface area contributed by atoms with Crippen molar-refractivity contribution in [3.8, 4) is 12.3 Å². The molecule has 8 N–H and O–H groups in total. The first kappa shape index (κ1) is 26.0. The van der Waals surface area contributed by atoms with Crippen LogP contribution in [0, 0.1) is 12.3 Å². The molecule has 1 aromatic heterocycles. The highest BCUT2D eigenvalue weighted by Crippen LogP contribution is 2.66. The van der Waals surface area contributed by atoms with Gasteiger partial charge in [0.2, 0.25) is 17.5 Å². The van der Waals surface area contributed by atoms with Crippen molar-refractivity contribution in [3.63, 3.8) is 0 Å². The molecule has 7 atom stereocenters. The van der Waals surface area contributed by atoms with Crippen molar-refractivity contribution < 1.29 is 66.0 Å². The van der Waals surface area contributed by atoms with Crippen LogP contribution in [0.15, 0.2) is 12.4 Å². The molecule has 0 aliphatic carbocycles. The van der Waals surface area contributed by atoms with E-state index in [9.17, 15) is 33.7 Å². The van der Waals surface area contributed by atoms with Crippen molar-refractivity contribution in [2.75, 3.05) is 12.3 Å². The van der Waals surface area contributed by atoms with E-state index in [0.717, 1.165) is 6.33 Å². The average molecular weight is 531 g/mol. The summed E-state index contributed by atoms with van der Waals surface area (Å²) in [6, 6.07) is -0.996. The maximum Gasteiger partial charge on any atom is 0.490 e. The normalized spacial score (nSPS) is 32.6. The number of rotatable bonds is 8. The SMILES string of the molecule is C#C[C@@]1(C2C=Cc3c(N)ncn[n+]32)O[C@H](COP(=O)(O)OP(=O)(O)OP(=O)(O)O)[C@@H](O)[C@H]1O. The second kappa shape index (κ2) is 8.88. The number of nitrogen functional groups attached to an aromatic ring is 1. The van der Waals surface area contributed by atoms with Gasteiger partial charge in [0, 0.05) is 11.2 Å². The highest BCUT2D eigenvalue weighted by atomic mass is 31.3. The van der Waals surface area contributed by atoms with Crippen LogP contribution in [0.25, 0.3) is 6.08 Å². The fraction of sp³-hybridized carbons (Fsp3) is 0.462. The Hall–Kier alpha value is -1.60. The zero-order chi connectivity index (χ0) is 24.8. The van der Waals surface area contributed by atoms with Crippen LogP contribution < -0.4 is 10.4 Å². The first-order valence-electron chi connectivity index (χ1n) is 8.61. The molecule has 2 aliphatic heterocycles. The Bertz CT molecular complexity index is 1150. The molecule has 17 nitrogen and oxygen atoms in total. The molecule has 1 aromatic rings. The smallest absolute Gasteiger partial charge is 0.387 e. The van der Waals surface area contributed by atoms with E-state index >= 15 is 0 Å². The van der Waals surface area contributed by atoms with Crippen LogP contribution in [0.2, 0.25) is 0 Å². The van der Waals surface area contributed by atoms with Gasteiger partial charge in [-0.1, -0.05) is 10.6 Å².